The van der Waals surface area contributed by atoms with Crippen molar-refractivity contribution in [3.05, 3.63) is 47.3 Å². The number of rotatable bonds is 5. The minimum atomic E-state index is -0.446. The van der Waals surface area contributed by atoms with Crippen molar-refractivity contribution >= 4 is 23.2 Å². The highest BCUT2D eigenvalue weighted by Gasteiger charge is 2.43. The topological polar surface area (TPSA) is 49.4 Å². The maximum absolute atomic E-state index is 13.0. The molecular weight excluding hydrogens is 368 g/mol. The Morgan fingerprint density at radius 1 is 1.14 bits per heavy atom. The van der Waals surface area contributed by atoms with E-state index in [0.717, 1.165) is 25.7 Å². The molecule has 4 rings (SSSR count). The lowest BCUT2D eigenvalue weighted by atomic mass is 9.71. The van der Waals surface area contributed by atoms with Crippen LogP contribution < -0.4 is 5.32 Å². The third-order valence-electron chi connectivity index (χ3n) is 6.53. The fourth-order valence-corrected chi connectivity index (χ4v) is 5.32. The van der Waals surface area contributed by atoms with Gasteiger partial charge in [-0.05, 0) is 54.7 Å². The van der Waals surface area contributed by atoms with Crippen molar-refractivity contribution in [1.82, 2.24) is 10.2 Å². The van der Waals surface area contributed by atoms with Crippen molar-refractivity contribution in [3.63, 3.8) is 0 Å². The summed E-state index contributed by atoms with van der Waals surface area (Å²) in [6, 6.07) is 12.6. The van der Waals surface area contributed by atoms with Crippen molar-refractivity contribution in [3.8, 4) is 10.4 Å². The van der Waals surface area contributed by atoms with E-state index in [1.807, 2.05) is 4.90 Å². The summed E-state index contributed by atoms with van der Waals surface area (Å²) in [6.45, 7) is 1.37. The van der Waals surface area contributed by atoms with Crippen LogP contribution in [-0.2, 0) is 16.0 Å². The molecule has 1 N–H and O–H groups in total. The predicted octanol–water partition coefficient (Wildman–Crippen LogP) is 4.11. The second-order valence-corrected chi connectivity index (χ2v) is 9.07. The second-order valence-electron chi connectivity index (χ2n) is 8.12. The normalized spacial score (nSPS) is 19.1. The van der Waals surface area contributed by atoms with Crippen molar-refractivity contribution in [2.24, 2.45) is 11.3 Å². The van der Waals surface area contributed by atoms with Crippen molar-refractivity contribution in [1.29, 1.82) is 0 Å². The van der Waals surface area contributed by atoms with E-state index in [1.54, 1.807) is 18.4 Å². The van der Waals surface area contributed by atoms with Gasteiger partial charge in [0.1, 0.15) is 0 Å². The van der Waals surface area contributed by atoms with Gasteiger partial charge in [0.05, 0.1) is 5.41 Å². The van der Waals surface area contributed by atoms with E-state index in [4.69, 9.17) is 0 Å². The van der Waals surface area contributed by atoms with E-state index in [2.05, 4.69) is 47.1 Å². The molecule has 1 saturated heterocycles. The lowest BCUT2D eigenvalue weighted by Crippen LogP contribution is -2.52. The van der Waals surface area contributed by atoms with Gasteiger partial charge in [-0.1, -0.05) is 36.8 Å². The fourth-order valence-electron chi connectivity index (χ4n) is 4.53. The first-order chi connectivity index (χ1) is 13.6. The molecule has 0 atom stereocenters. The van der Waals surface area contributed by atoms with E-state index in [1.165, 1.54) is 22.4 Å². The number of nitrogens with zero attached hydrogens (tertiary/aromatic N) is 1. The zero-order chi connectivity index (χ0) is 19.6. The lowest BCUT2D eigenvalue weighted by molar-refractivity contribution is -0.144. The highest BCUT2D eigenvalue weighted by Crippen LogP contribution is 2.40. The van der Waals surface area contributed by atoms with Crippen molar-refractivity contribution in [2.45, 2.75) is 38.5 Å². The van der Waals surface area contributed by atoms with E-state index in [9.17, 15) is 9.59 Å². The van der Waals surface area contributed by atoms with Gasteiger partial charge in [0, 0.05) is 30.9 Å². The summed E-state index contributed by atoms with van der Waals surface area (Å²) < 4.78 is 0. The quantitative estimate of drug-likeness (QED) is 0.827. The molecule has 1 aliphatic heterocycles. The smallest absolute Gasteiger partial charge is 0.226 e. The number of thiophene rings is 1. The molecule has 0 bridgehead atoms. The van der Waals surface area contributed by atoms with Crippen LogP contribution in [0, 0.1) is 11.3 Å². The Labute approximate surface area is 170 Å². The molecule has 2 aromatic rings. The summed E-state index contributed by atoms with van der Waals surface area (Å²) in [5.41, 5.74) is 1.99. The van der Waals surface area contributed by atoms with Crippen LogP contribution in [-0.4, -0.2) is 36.9 Å². The zero-order valence-corrected chi connectivity index (χ0v) is 17.3. The molecule has 0 radical (unpaired) electrons. The maximum Gasteiger partial charge on any atom is 0.226 e. The molecule has 148 valence electrons. The molecule has 4 nitrogen and oxygen atoms in total. The summed E-state index contributed by atoms with van der Waals surface area (Å²) in [5.74, 6) is 0.632. The van der Waals surface area contributed by atoms with Gasteiger partial charge in [0.25, 0.3) is 0 Å². The van der Waals surface area contributed by atoms with E-state index in [0.29, 0.717) is 25.4 Å². The molecule has 1 saturated carbocycles. The van der Waals surface area contributed by atoms with Crippen molar-refractivity contribution < 1.29 is 9.59 Å². The summed E-state index contributed by atoms with van der Waals surface area (Å²) >= 11 is 1.73. The molecule has 2 amide bonds. The van der Waals surface area contributed by atoms with E-state index in [-0.39, 0.29) is 11.8 Å². The molecule has 0 spiro atoms. The molecule has 28 heavy (non-hydrogen) atoms. The number of carbonyl (C=O) groups excluding carboxylic acids is 2. The molecule has 1 aliphatic carbocycles. The van der Waals surface area contributed by atoms with Gasteiger partial charge >= 0.3 is 0 Å². The van der Waals surface area contributed by atoms with Crippen LogP contribution in [0.5, 0.6) is 0 Å². The first-order valence-corrected chi connectivity index (χ1v) is 11.1. The summed E-state index contributed by atoms with van der Waals surface area (Å²) in [5, 5.41) is 4.99. The van der Waals surface area contributed by atoms with Crippen LogP contribution in [0.15, 0.2) is 41.8 Å². The number of benzene rings is 1. The van der Waals surface area contributed by atoms with Crippen LogP contribution in [0.4, 0.5) is 0 Å². The highest BCUT2D eigenvalue weighted by atomic mass is 32.1. The largest absolute Gasteiger partial charge is 0.359 e. The summed E-state index contributed by atoms with van der Waals surface area (Å²) in [4.78, 5) is 28.8. The number of piperidine rings is 1. The molecule has 1 aromatic carbocycles. The lowest BCUT2D eigenvalue weighted by Gasteiger charge is -2.42. The number of hydrogen-bond donors (Lipinski definition) is 1. The number of carbonyl (C=O) groups is 2. The fraction of sp³-hybridized carbons (Fsp3) is 0.478. The molecule has 5 heteroatoms. The second kappa shape index (κ2) is 8.08. The SMILES string of the molecule is CNC(=O)C1(Cc2ccccc2-c2cccs2)CCN(C(=O)C2CCC2)CC1. The monoisotopic (exact) mass is 396 g/mol. The van der Waals surface area contributed by atoms with Gasteiger partial charge in [0.15, 0.2) is 0 Å². The molecule has 1 aromatic heterocycles. The number of hydrogen-bond acceptors (Lipinski definition) is 3. The van der Waals surface area contributed by atoms with Crippen LogP contribution in [0.25, 0.3) is 10.4 Å². The van der Waals surface area contributed by atoms with Crippen LogP contribution in [0.3, 0.4) is 0 Å². The van der Waals surface area contributed by atoms with Gasteiger partial charge < -0.3 is 10.2 Å². The minimum absolute atomic E-state index is 0.101. The third-order valence-corrected chi connectivity index (χ3v) is 7.43. The molecule has 2 fully saturated rings. The summed E-state index contributed by atoms with van der Waals surface area (Å²) in [6.07, 6.45) is 5.40. The first-order valence-electron chi connectivity index (χ1n) is 10.3. The maximum atomic E-state index is 13.0. The molecule has 0 unspecified atom stereocenters. The van der Waals surface area contributed by atoms with Crippen molar-refractivity contribution in [2.75, 3.05) is 20.1 Å². The molecule has 2 heterocycles. The number of likely N-dealkylation sites (tertiary alicyclic amines) is 1. The third kappa shape index (κ3) is 3.60. The van der Waals surface area contributed by atoms with Gasteiger partial charge in [-0.15, -0.1) is 11.3 Å². The van der Waals surface area contributed by atoms with E-state index >= 15 is 0 Å². The van der Waals surface area contributed by atoms with Gasteiger partial charge in [0.2, 0.25) is 11.8 Å². The average Bonchev–Trinajstić information content (AvgIpc) is 3.21. The Morgan fingerprint density at radius 2 is 1.89 bits per heavy atom. The van der Waals surface area contributed by atoms with E-state index < -0.39 is 5.41 Å². The summed E-state index contributed by atoms with van der Waals surface area (Å²) in [7, 11) is 1.72. The Hall–Kier alpha value is -2.14. The van der Waals surface area contributed by atoms with Crippen LogP contribution >= 0.6 is 11.3 Å². The van der Waals surface area contributed by atoms with Crippen LogP contribution in [0.1, 0.15) is 37.7 Å². The predicted molar refractivity (Wildman–Crippen MR) is 113 cm³/mol. The molecular formula is C23H28N2O2S. The first kappa shape index (κ1) is 19.2. The van der Waals surface area contributed by atoms with Gasteiger partial charge in [-0.25, -0.2) is 0 Å². The standard InChI is InChI=1S/C23H28N2O2S/c1-24-22(27)23(11-13-25(14-12-23)21(26)17-7-4-8-17)16-18-6-2-3-9-19(18)20-10-5-15-28-20/h2-3,5-6,9-10,15,17H,4,7-8,11-14,16H2,1H3,(H,24,27). The Balaban J connectivity index is 1.55. The Kier molecular flexibility index (Phi) is 5.54. The number of nitrogens with one attached hydrogen (secondary N) is 1. The molecule has 2 aliphatic rings. The van der Waals surface area contributed by atoms with Gasteiger partial charge in [-0.2, -0.15) is 0 Å². The Morgan fingerprint density at radius 3 is 2.50 bits per heavy atom. The Bertz CT molecular complexity index is 834. The van der Waals surface area contributed by atoms with Crippen LogP contribution in [0.2, 0.25) is 0 Å². The number of amides is 2. The zero-order valence-electron chi connectivity index (χ0n) is 16.4. The van der Waals surface area contributed by atoms with Gasteiger partial charge in [-0.3, -0.25) is 9.59 Å². The average molecular weight is 397 g/mol. The minimum Gasteiger partial charge on any atom is -0.359 e. The highest BCUT2D eigenvalue weighted by molar-refractivity contribution is 7.13.